The summed E-state index contributed by atoms with van der Waals surface area (Å²) in [7, 11) is 0. The number of phenolic OH excluding ortho intramolecular Hbond substituents is 1. The molecule has 372 valence electrons. The average Bonchev–Trinajstić information content (AvgIpc) is 3.35. The molecule has 0 aromatic heterocycles. The zero-order valence-electron chi connectivity index (χ0n) is 35.6. The van der Waals surface area contributed by atoms with Crippen LogP contribution in [0.3, 0.4) is 0 Å². The third-order valence-corrected chi connectivity index (χ3v) is 11.0. The molecule has 3 aliphatic heterocycles. The number of benzene rings is 4. The van der Waals surface area contributed by atoms with Gasteiger partial charge in [-0.15, -0.1) is 5.11 Å². The monoisotopic (exact) mass is 972 g/mol. The van der Waals surface area contributed by atoms with Crippen molar-refractivity contribution in [2.24, 2.45) is 20.4 Å². The van der Waals surface area contributed by atoms with Crippen LogP contribution >= 0.6 is 0 Å². The summed E-state index contributed by atoms with van der Waals surface area (Å²) in [5, 5.41) is 145. The Morgan fingerprint density at radius 1 is 0.449 bits per heavy atom. The van der Waals surface area contributed by atoms with Gasteiger partial charge in [-0.05, 0) is 72.8 Å². The largest absolute Gasteiger partial charge is 0.504 e. The molecule has 0 spiro atoms. The minimum atomic E-state index is -1.69. The van der Waals surface area contributed by atoms with Crippen molar-refractivity contribution in [1.82, 2.24) is 0 Å². The van der Waals surface area contributed by atoms with Crippen LogP contribution in [0, 0.1) is 0 Å². The fraction of sp³-hybridized carbons (Fsp3) is 0.429. The molecule has 27 nitrogen and oxygen atoms in total. The molecule has 4 aromatic rings. The summed E-state index contributed by atoms with van der Waals surface area (Å²) in [6, 6.07) is 16.3. The molecule has 27 heteroatoms. The SMILES string of the molecule is O=c1c(N=Nc2ccc(OC3OC(CO)C(O)C(O)C3O)cc2)c(O)c(=NNc2ccc(OC3OC(CO)C(O)C(O)C3O)cc2)c(=O)c1=NNc1ccc(OC2OC(CO)C(O)C(O)C2O)cc1. The van der Waals surface area contributed by atoms with Crippen LogP contribution < -0.4 is 46.6 Å². The zero-order chi connectivity index (χ0) is 49.7. The first-order valence-electron chi connectivity index (χ1n) is 20.9. The second-order valence-electron chi connectivity index (χ2n) is 15.7. The highest BCUT2D eigenvalue weighted by molar-refractivity contribution is 5.52. The van der Waals surface area contributed by atoms with Gasteiger partial charge in [0.2, 0.25) is 29.7 Å². The number of rotatable bonds is 15. The van der Waals surface area contributed by atoms with Crippen molar-refractivity contribution in [3.05, 3.63) is 104 Å². The van der Waals surface area contributed by atoms with Crippen LogP contribution in [-0.4, -0.2) is 178 Å². The maximum atomic E-state index is 13.8. The lowest BCUT2D eigenvalue weighted by Gasteiger charge is -2.39. The smallest absolute Gasteiger partial charge is 0.241 e. The lowest BCUT2D eigenvalue weighted by atomic mass is 9.99. The Kier molecular flexibility index (Phi) is 16.3. The first kappa shape index (κ1) is 50.7. The molecule has 7 rings (SSSR count). The molecule has 3 fully saturated rings. The highest BCUT2D eigenvalue weighted by atomic mass is 16.7. The van der Waals surface area contributed by atoms with Gasteiger partial charge < -0.3 is 94.8 Å². The predicted molar refractivity (Wildman–Crippen MR) is 228 cm³/mol. The number of hydrogen-bond donors (Lipinski definition) is 15. The fourth-order valence-electron chi connectivity index (χ4n) is 7.01. The number of phenols is 1. The highest BCUT2D eigenvalue weighted by Crippen LogP contribution is 2.29. The molecule has 15 N–H and O–H groups in total. The van der Waals surface area contributed by atoms with E-state index in [1.54, 1.807) is 0 Å². The van der Waals surface area contributed by atoms with E-state index < -0.39 is 145 Å². The van der Waals surface area contributed by atoms with E-state index in [1.165, 1.54) is 72.8 Å². The molecule has 0 amide bonds. The van der Waals surface area contributed by atoms with Gasteiger partial charge in [-0.25, -0.2) is 0 Å². The Labute approximate surface area is 387 Å². The molecule has 69 heavy (non-hydrogen) atoms. The topological polar surface area (TPSA) is 426 Å². The van der Waals surface area contributed by atoms with E-state index in [9.17, 15) is 76.0 Å². The molecule has 4 aromatic carbocycles. The average molecular weight is 973 g/mol. The first-order valence-corrected chi connectivity index (χ1v) is 20.9. The molecular weight excluding hydrogens is 924 g/mol. The lowest BCUT2D eigenvalue weighted by Crippen LogP contribution is -2.60. The number of aliphatic hydroxyl groups is 12. The van der Waals surface area contributed by atoms with Crippen molar-refractivity contribution >= 4 is 22.7 Å². The van der Waals surface area contributed by atoms with Gasteiger partial charge in [-0.1, -0.05) is 0 Å². The molecule has 0 radical (unpaired) electrons. The summed E-state index contributed by atoms with van der Waals surface area (Å²) in [5.74, 6) is -0.771. The summed E-state index contributed by atoms with van der Waals surface area (Å²) in [6.45, 7) is -2.03. The van der Waals surface area contributed by atoms with Gasteiger partial charge in [-0.2, -0.15) is 15.3 Å². The van der Waals surface area contributed by atoms with Crippen molar-refractivity contribution in [2.45, 2.75) is 92.1 Å². The summed E-state index contributed by atoms with van der Waals surface area (Å²) < 4.78 is 32.8. The Balaban J connectivity index is 1.14. The number of nitrogens with zero attached hydrogens (tertiary/aromatic N) is 4. The normalized spacial score (nSPS) is 32.2. The Bertz CT molecular complexity index is 2620. The van der Waals surface area contributed by atoms with Crippen LogP contribution in [0.5, 0.6) is 23.0 Å². The fourth-order valence-corrected chi connectivity index (χ4v) is 7.01. The van der Waals surface area contributed by atoms with Gasteiger partial charge in [0, 0.05) is 0 Å². The Morgan fingerprint density at radius 2 is 0.797 bits per heavy atom. The van der Waals surface area contributed by atoms with Gasteiger partial charge in [0.25, 0.3) is 0 Å². The maximum absolute atomic E-state index is 13.8. The van der Waals surface area contributed by atoms with Crippen LogP contribution in [0.1, 0.15) is 0 Å². The second kappa shape index (κ2) is 22.1. The third kappa shape index (κ3) is 11.2. The number of ether oxygens (including phenoxy) is 6. The molecule has 15 unspecified atom stereocenters. The quantitative estimate of drug-likeness (QED) is 0.0391. The van der Waals surface area contributed by atoms with Crippen LogP contribution in [0.2, 0.25) is 0 Å². The van der Waals surface area contributed by atoms with Crippen LogP contribution in [0.25, 0.3) is 0 Å². The van der Waals surface area contributed by atoms with Gasteiger partial charge >= 0.3 is 0 Å². The predicted octanol–water partition coefficient (Wildman–Crippen LogP) is -5.20. The first-order chi connectivity index (χ1) is 33.0. The Morgan fingerprint density at radius 3 is 1.16 bits per heavy atom. The van der Waals surface area contributed by atoms with E-state index in [0.717, 1.165) is 0 Å². The molecule has 0 saturated carbocycles. The van der Waals surface area contributed by atoms with Gasteiger partial charge in [0.05, 0.1) is 36.9 Å². The highest BCUT2D eigenvalue weighted by Gasteiger charge is 2.47. The lowest BCUT2D eigenvalue weighted by molar-refractivity contribution is -0.277. The summed E-state index contributed by atoms with van der Waals surface area (Å²) in [4.78, 5) is 27.6. The number of hydrogen-bond acceptors (Lipinski definition) is 27. The van der Waals surface area contributed by atoms with E-state index in [2.05, 4.69) is 31.3 Å². The minimum absolute atomic E-state index is 0.0615. The molecule has 3 saturated heterocycles. The summed E-state index contributed by atoms with van der Waals surface area (Å²) >= 11 is 0. The number of anilines is 2. The van der Waals surface area contributed by atoms with Crippen molar-refractivity contribution in [3.8, 4) is 23.0 Å². The number of aromatic hydroxyl groups is 1. The molecule has 0 bridgehead atoms. The zero-order valence-corrected chi connectivity index (χ0v) is 35.6. The van der Waals surface area contributed by atoms with E-state index in [0.29, 0.717) is 0 Å². The van der Waals surface area contributed by atoms with Crippen molar-refractivity contribution < 1.29 is 94.8 Å². The number of azo groups is 1. The molecule has 3 aliphatic rings. The van der Waals surface area contributed by atoms with E-state index in [-0.39, 0.29) is 34.3 Å². The van der Waals surface area contributed by atoms with E-state index in [4.69, 9.17) is 28.4 Å². The number of aliphatic hydroxyl groups excluding tert-OH is 12. The summed E-state index contributed by atoms with van der Waals surface area (Å²) in [6.07, 6.45) is -23.1. The minimum Gasteiger partial charge on any atom is -0.504 e. The molecule has 15 atom stereocenters. The van der Waals surface area contributed by atoms with Crippen molar-refractivity contribution in [1.29, 1.82) is 0 Å². The third-order valence-electron chi connectivity index (χ3n) is 11.0. The molecular formula is C42H48N6O21. The van der Waals surface area contributed by atoms with E-state index in [1.807, 2.05) is 0 Å². The summed E-state index contributed by atoms with van der Waals surface area (Å²) in [5.41, 5.74) is 2.33. The van der Waals surface area contributed by atoms with Crippen molar-refractivity contribution in [2.75, 3.05) is 30.7 Å². The number of nitrogens with one attached hydrogen (secondary N) is 2. The van der Waals surface area contributed by atoms with Gasteiger partial charge in [-0.3, -0.25) is 20.4 Å². The van der Waals surface area contributed by atoms with Crippen LogP contribution in [-0.2, 0) is 14.2 Å². The van der Waals surface area contributed by atoms with Crippen LogP contribution in [0.4, 0.5) is 22.7 Å². The van der Waals surface area contributed by atoms with Gasteiger partial charge in [0.1, 0.15) is 90.5 Å². The van der Waals surface area contributed by atoms with Crippen LogP contribution in [0.15, 0.2) is 103 Å². The van der Waals surface area contributed by atoms with Crippen molar-refractivity contribution in [3.63, 3.8) is 0 Å². The molecule has 3 heterocycles. The second-order valence-corrected chi connectivity index (χ2v) is 15.7. The maximum Gasteiger partial charge on any atom is 0.241 e. The van der Waals surface area contributed by atoms with Gasteiger partial charge in [0.15, 0.2) is 22.2 Å². The molecule has 0 aliphatic carbocycles. The standard InChI is InChI=1S/C42H48N6O21/c49-13-22-28(52)34(58)37(61)40(67-22)64-19-7-1-16(2-8-19)43-46-25-31(55)26(47-44-17-3-9-20(10-4-17)65-41-38(62)35(59)29(53)23(14-50)68-41)33(57)27(32(25)56)48-45-18-5-11-21(12-6-18)66-42-39(63)36(60)30(54)24(15-51)69-42/h1-12,22-24,28-30,34-44,49-54,56,58-63H,13-15H2. The van der Waals surface area contributed by atoms with E-state index >= 15 is 0 Å². The Hall–Kier alpha value is -6.12.